The molecule has 1 N–H and O–H groups in total. The Hall–Kier alpha value is -1.66. The highest BCUT2D eigenvalue weighted by atomic mass is 19.1. The second-order valence-electron chi connectivity index (χ2n) is 7.73. The molecule has 2 saturated heterocycles. The molecule has 4 rings (SSSR count). The fourth-order valence-corrected chi connectivity index (χ4v) is 4.29. The molecule has 0 aromatic heterocycles. The van der Waals surface area contributed by atoms with Crippen LogP contribution < -0.4 is 5.32 Å². The third-order valence-corrected chi connectivity index (χ3v) is 6.11. The zero-order valence-electron chi connectivity index (χ0n) is 15.6. The zero-order chi connectivity index (χ0) is 18.0. The topological polar surface area (TPSA) is 40.1 Å². The largest absolute Gasteiger partial charge is 0.379 e. The van der Waals surface area contributed by atoms with Crippen molar-refractivity contribution in [3.8, 4) is 0 Å². The van der Waals surface area contributed by atoms with E-state index in [0.29, 0.717) is 6.04 Å². The summed E-state index contributed by atoms with van der Waals surface area (Å²) in [5, 5.41) is 3.57. The maximum Gasteiger partial charge on any atom is 0.193 e. The first-order chi connectivity index (χ1) is 12.7. The van der Waals surface area contributed by atoms with Crippen molar-refractivity contribution in [1.82, 2.24) is 15.1 Å². The van der Waals surface area contributed by atoms with Crippen molar-refractivity contribution in [3.63, 3.8) is 0 Å². The highest BCUT2D eigenvalue weighted by Crippen LogP contribution is 2.47. The first-order valence-electron chi connectivity index (χ1n) is 9.74. The Morgan fingerprint density at radius 3 is 2.81 bits per heavy atom. The summed E-state index contributed by atoms with van der Waals surface area (Å²) < 4.78 is 19.1. The SMILES string of the molecule is CN=C(NCC1(c2cccc(F)c2)CC1)N1CCC(N2CCOCC2)C1. The molecule has 1 atom stereocenters. The van der Waals surface area contributed by atoms with Crippen molar-refractivity contribution < 1.29 is 9.13 Å². The zero-order valence-corrected chi connectivity index (χ0v) is 15.6. The standard InChI is InChI=1S/C20H29FN4O/c1-22-19(25-8-5-18(14-25)24-9-11-26-12-10-24)23-15-20(6-7-20)16-3-2-4-17(21)13-16/h2-4,13,18H,5-12,14-15H2,1H3,(H,22,23). The lowest BCUT2D eigenvalue weighted by atomic mass is 9.96. The van der Waals surface area contributed by atoms with Crippen molar-refractivity contribution in [2.45, 2.75) is 30.7 Å². The van der Waals surface area contributed by atoms with Gasteiger partial charge in [-0.2, -0.15) is 0 Å². The maximum absolute atomic E-state index is 13.6. The van der Waals surface area contributed by atoms with Gasteiger partial charge in [0, 0.05) is 51.2 Å². The quantitative estimate of drug-likeness (QED) is 0.657. The molecule has 3 fully saturated rings. The van der Waals surface area contributed by atoms with Crippen molar-refractivity contribution in [3.05, 3.63) is 35.6 Å². The summed E-state index contributed by atoms with van der Waals surface area (Å²) in [6.07, 6.45) is 3.39. The van der Waals surface area contributed by atoms with E-state index >= 15 is 0 Å². The summed E-state index contributed by atoms with van der Waals surface area (Å²) in [4.78, 5) is 9.42. The first-order valence-corrected chi connectivity index (χ1v) is 9.74. The third-order valence-electron chi connectivity index (χ3n) is 6.11. The minimum Gasteiger partial charge on any atom is -0.379 e. The lowest BCUT2D eigenvalue weighted by Gasteiger charge is -2.32. The molecule has 1 unspecified atom stereocenters. The number of aliphatic imine (C=N–C) groups is 1. The molecule has 2 heterocycles. The Labute approximate surface area is 155 Å². The lowest BCUT2D eigenvalue weighted by Crippen LogP contribution is -2.47. The summed E-state index contributed by atoms with van der Waals surface area (Å²) in [7, 11) is 1.85. The minimum atomic E-state index is -0.147. The average Bonchev–Trinajstić information content (AvgIpc) is 3.31. The van der Waals surface area contributed by atoms with Crippen molar-refractivity contribution in [2.24, 2.45) is 4.99 Å². The van der Waals surface area contributed by atoms with Gasteiger partial charge in [0.25, 0.3) is 0 Å². The highest BCUT2D eigenvalue weighted by Gasteiger charge is 2.44. The van der Waals surface area contributed by atoms with Gasteiger partial charge in [0.05, 0.1) is 13.2 Å². The number of likely N-dealkylation sites (tertiary alicyclic amines) is 1. The van der Waals surface area contributed by atoms with Gasteiger partial charge in [-0.1, -0.05) is 12.1 Å². The number of nitrogens with zero attached hydrogens (tertiary/aromatic N) is 3. The molecule has 1 aliphatic carbocycles. The second kappa shape index (κ2) is 7.53. The number of benzene rings is 1. The number of ether oxygens (including phenoxy) is 1. The van der Waals surface area contributed by atoms with E-state index in [4.69, 9.17) is 4.74 Å². The van der Waals surface area contributed by atoms with E-state index in [9.17, 15) is 4.39 Å². The Bertz CT molecular complexity index is 655. The maximum atomic E-state index is 13.6. The molecule has 0 spiro atoms. The predicted molar refractivity (Wildman–Crippen MR) is 101 cm³/mol. The number of nitrogens with one attached hydrogen (secondary N) is 1. The van der Waals surface area contributed by atoms with Crippen LogP contribution in [0.4, 0.5) is 4.39 Å². The minimum absolute atomic E-state index is 0.0708. The van der Waals surface area contributed by atoms with Gasteiger partial charge in [-0.25, -0.2) is 4.39 Å². The summed E-state index contributed by atoms with van der Waals surface area (Å²) in [6, 6.07) is 7.65. The fourth-order valence-electron chi connectivity index (χ4n) is 4.29. The molecule has 1 saturated carbocycles. The molecule has 3 aliphatic rings. The van der Waals surface area contributed by atoms with Crippen molar-refractivity contribution in [1.29, 1.82) is 0 Å². The number of morpholine rings is 1. The molecule has 26 heavy (non-hydrogen) atoms. The summed E-state index contributed by atoms with van der Waals surface area (Å²) in [6.45, 7) is 6.64. The van der Waals surface area contributed by atoms with E-state index in [2.05, 4.69) is 20.1 Å². The number of rotatable bonds is 4. The Kier molecular flexibility index (Phi) is 5.14. The van der Waals surface area contributed by atoms with Gasteiger partial charge in [0.2, 0.25) is 0 Å². The summed E-state index contributed by atoms with van der Waals surface area (Å²) >= 11 is 0. The molecule has 5 nitrogen and oxygen atoms in total. The van der Waals surface area contributed by atoms with Gasteiger partial charge >= 0.3 is 0 Å². The van der Waals surface area contributed by atoms with E-state index < -0.39 is 0 Å². The molecule has 0 radical (unpaired) electrons. The van der Waals surface area contributed by atoms with Gasteiger partial charge in [0.1, 0.15) is 5.82 Å². The van der Waals surface area contributed by atoms with E-state index in [0.717, 1.165) is 70.3 Å². The third kappa shape index (κ3) is 3.71. The van der Waals surface area contributed by atoms with E-state index in [-0.39, 0.29) is 11.2 Å². The van der Waals surface area contributed by atoms with Crippen LogP contribution in [-0.4, -0.2) is 74.8 Å². The number of hydrogen-bond donors (Lipinski definition) is 1. The van der Waals surface area contributed by atoms with Crippen LogP contribution in [0, 0.1) is 5.82 Å². The number of halogens is 1. The van der Waals surface area contributed by atoms with E-state index in [1.54, 1.807) is 6.07 Å². The predicted octanol–water partition coefficient (Wildman–Crippen LogP) is 1.84. The molecule has 2 aliphatic heterocycles. The smallest absolute Gasteiger partial charge is 0.193 e. The van der Waals surface area contributed by atoms with Gasteiger partial charge < -0.3 is 15.0 Å². The van der Waals surface area contributed by atoms with Crippen LogP contribution in [0.25, 0.3) is 0 Å². The van der Waals surface area contributed by atoms with Crippen LogP contribution in [0.2, 0.25) is 0 Å². The van der Waals surface area contributed by atoms with Crippen molar-refractivity contribution in [2.75, 3.05) is 53.0 Å². The fraction of sp³-hybridized carbons (Fsp3) is 0.650. The van der Waals surface area contributed by atoms with Crippen LogP contribution in [-0.2, 0) is 10.2 Å². The van der Waals surface area contributed by atoms with E-state index in [1.807, 2.05) is 19.2 Å². The number of guanidine groups is 1. The van der Waals surface area contributed by atoms with Crippen LogP contribution in [0.5, 0.6) is 0 Å². The van der Waals surface area contributed by atoms with Crippen LogP contribution >= 0.6 is 0 Å². The summed E-state index contributed by atoms with van der Waals surface area (Å²) in [5.74, 6) is 0.828. The first kappa shape index (κ1) is 17.7. The van der Waals surface area contributed by atoms with Crippen LogP contribution in [0.3, 0.4) is 0 Å². The molecular formula is C20H29FN4O. The average molecular weight is 360 g/mol. The van der Waals surface area contributed by atoms with Gasteiger partial charge in [0.15, 0.2) is 5.96 Å². The number of hydrogen-bond acceptors (Lipinski definition) is 3. The normalized spacial score (nSPS) is 26.2. The molecule has 1 aromatic rings. The van der Waals surface area contributed by atoms with Gasteiger partial charge in [-0.05, 0) is 37.0 Å². The Balaban J connectivity index is 1.34. The Morgan fingerprint density at radius 2 is 2.12 bits per heavy atom. The lowest BCUT2D eigenvalue weighted by molar-refractivity contribution is 0.0195. The van der Waals surface area contributed by atoms with Gasteiger partial charge in [-0.3, -0.25) is 9.89 Å². The van der Waals surface area contributed by atoms with E-state index in [1.165, 1.54) is 12.5 Å². The molecule has 6 heteroatoms. The van der Waals surface area contributed by atoms with Gasteiger partial charge in [-0.15, -0.1) is 0 Å². The Morgan fingerprint density at radius 1 is 1.31 bits per heavy atom. The molecular weight excluding hydrogens is 331 g/mol. The monoisotopic (exact) mass is 360 g/mol. The molecule has 0 amide bonds. The van der Waals surface area contributed by atoms with Crippen molar-refractivity contribution >= 4 is 5.96 Å². The summed E-state index contributed by atoms with van der Waals surface area (Å²) in [5.41, 5.74) is 1.18. The molecule has 1 aromatic carbocycles. The van der Waals surface area contributed by atoms with Crippen LogP contribution in [0.15, 0.2) is 29.3 Å². The highest BCUT2D eigenvalue weighted by molar-refractivity contribution is 5.80. The second-order valence-corrected chi connectivity index (χ2v) is 7.73. The molecule has 142 valence electrons. The molecule has 0 bridgehead atoms. The van der Waals surface area contributed by atoms with Crippen LogP contribution in [0.1, 0.15) is 24.8 Å².